The fourth-order valence-corrected chi connectivity index (χ4v) is 2.27. The summed E-state index contributed by atoms with van der Waals surface area (Å²) in [5, 5.41) is 0. The largest absolute Gasteiger partial charge is 0.256 e. The molecule has 0 bridgehead atoms. The molecule has 0 amide bonds. The van der Waals surface area contributed by atoms with Crippen LogP contribution in [0, 0.1) is 6.92 Å². The molecule has 0 fully saturated rings. The number of hydrogen-bond donors (Lipinski definition) is 0. The standard InChI is InChI=1S/C20H17N/c1-16-11-13-19(14-12-16)21-15-18-9-5-6-10-20(18)17-7-3-2-4-8-17/h2-15H,1H3. The lowest BCUT2D eigenvalue weighted by atomic mass is 10.0. The topological polar surface area (TPSA) is 12.4 Å². The van der Waals surface area contributed by atoms with Crippen molar-refractivity contribution in [1.29, 1.82) is 0 Å². The molecule has 0 aliphatic heterocycles. The number of benzene rings is 3. The van der Waals surface area contributed by atoms with Gasteiger partial charge in [-0.25, -0.2) is 0 Å². The highest BCUT2D eigenvalue weighted by Gasteiger charge is 2.01. The third kappa shape index (κ3) is 3.26. The highest BCUT2D eigenvalue weighted by atomic mass is 14.7. The first-order valence-corrected chi connectivity index (χ1v) is 7.08. The van der Waals surface area contributed by atoms with E-state index < -0.39 is 0 Å². The quantitative estimate of drug-likeness (QED) is 0.564. The summed E-state index contributed by atoms with van der Waals surface area (Å²) < 4.78 is 0. The zero-order valence-electron chi connectivity index (χ0n) is 12.0. The van der Waals surface area contributed by atoms with Gasteiger partial charge in [0.05, 0.1) is 5.69 Å². The maximum absolute atomic E-state index is 4.58. The molecule has 0 aliphatic carbocycles. The molecule has 0 atom stereocenters. The van der Waals surface area contributed by atoms with Crippen LogP contribution in [0.15, 0.2) is 83.9 Å². The van der Waals surface area contributed by atoms with E-state index in [-0.39, 0.29) is 0 Å². The van der Waals surface area contributed by atoms with E-state index >= 15 is 0 Å². The average Bonchev–Trinajstić information content (AvgIpc) is 2.55. The molecule has 3 aromatic carbocycles. The zero-order valence-corrected chi connectivity index (χ0v) is 12.0. The summed E-state index contributed by atoms with van der Waals surface area (Å²) in [6.45, 7) is 2.08. The van der Waals surface area contributed by atoms with Crippen LogP contribution in [-0.2, 0) is 0 Å². The van der Waals surface area contributed by atoms with Gasteiger partial charge in [0.2, 0.25) is 0 Å². The first-order chi connectivity index (χ1) is 10.3. The van der Waals surface area contributed by atoms with Crippen molar-refractivity contribution in [2.45, 2.75) is 6.92 Å². The van der Waals surface area contributed by atoms with Crippen LogP contribution in [0.25, 0.3) is 11.1 Å². The van der Waals surface area contributed by atoms with Crippen LogP contribution >= 0.6 is 0 Å². The number of nitrogens with zero attached hydrogens (tertiary/aromatic N) is 1. The minimum Gasteiger partial charge on any atom is -0.256 e. The Morgan fingerprint density at radius 3 is 2.14 bits per heavy atom. The summed E-state index contributed by atoms with van der Waals surface area (Å²) in [7, 11) is 0. The normalized spacial score (nSPS) is 10.9. The number of rotatable bonds is 3. The number of hydrogen-bond acceptors (Lipinski definition) is 1. The van der Waals surface area contributed by atoms with Gasteiger partial charge >= 0.3 is 0 Å². The van der Waals surface area contributed by atoms with Gasteiger partial charge in [-0.3, -0.25) is 4.99 Å². The van der Waals surface area contributed by atoms with Crippen molar-refractivity contribution in [3.63, 3.8) is 0 Å². The van der Waals surface area contributed by atoms with Crippen LogP contribution in [0.1, 0.15) is 11.1 Å². The van der Waals surface area contributed by atoms with Gasteiger partial charge < -0.3 is 0 Å². The lowest BCUT2D eigenvalue weighted by Gasteiger charge is -2.05. The van der Waals surface area contributed by atoms with E-state index in [0.717, 1.165) is 11.3 Å². The fraction of sp³-hybridized carbons (Fsp3) is 0.0500. The molecule has 0 spiro atoms. The maximum Gasteiger partial charge on any atom is 0.0630 e. The minimum atomic E-state index is 0.975. The van der Waals surface area contributed by atoms with E-state index in [1.54, 1.807) is 0 Å². The van der Waals surface area contributed by atoms with Gasteiger partial charge in [-0.2, -0.15) is 0 Å². The van der Waals surface area contributed by atoms with E-state index in [1.807, 2.05) is 30.5 Å². The predicted molar refractivity (Wildman–Crippen MR) is 90.3 cm³/mol. The molecule has 21 heavy (non-hydrogen) atoms. The van der Waals surface area contributed by atoms with E-state index in [4.69, 9.17) is 0 Å². The lowest BCUT2D eigenvalue weighted by molar-refractivity contribution is 1.44. The maximum atomic E-state index is 4.58. The van der Waals surface area contributed by atoms with Crippen LogP contribution in [0.3, 0.4) is 0 Å². The van der Waals surface area contributed by atoms with Gasteiger partial charge in [0, 0.05) is 11.8 Å². The molecular formula is C20H17N. The molecule has 3 aromatic rings. The summed E-state index contributed by atoms with van der Waals surface area (Å²) in [6.07, 6.45) is 1.94. The fourth-order valence-electron chi connectivity index (χ4n) is 2.27. The van der Waals surface area contributed by atoms with Crippen molar-refractivity contribution in [3.05, 3.63) is 90.0 Å². The summed E-state index contributed by atoms with van der Waals surface area (Å²) in [5.41, 5.74) is 5.77. The molecule has 1 nitrogen and oxygen atoms in total. The van der Waals surface area contributed by atoms with E-state index in [2.05, 4.69) is 66.5 Å². The van der Waals surface area contributed by atoms with Crippen LogP contribution in [0.5, 0.6) is 0 Å². The molecular weight excluding hydrogens is 254 g/mol. The van der Waals surface area contributed by atoms with Crippen molar-refractivity contribution in [2.75, 3.05) is 0 Å². The van der Waals surface area contributed by atoms with Crippen LogP contribution in [0.2, 0.25) is 0 Å². The Bertz CT molecular complexity index is 740. The monoisotopic (exact) mass is 271 g/mol. The van der Waals surface area contributed by atoms with Crippen molar-refractivity contribution < 1.29 is 0 Å². The molecule has 0 saturated heterocycles. The summed E-state index contributed by atoms with van der Waals surface area (Å²) in [4.78, 5) is 4.58. The first kappa shape index (κ1) is 13.3. The Morgan fingerprint density at radius 1 is 0.714 bits per heavy atom. The zero-order chi connectivity index (χ0) is 14.5. The van der Waals surface area contributed by atoms with Crippen molar-refractivity contribution in [1.82, 2.24) is 0 Å². The predicted octanol–water partition coefficient (Wildman–Crippen LogP) is 5.41. The SMILES string of the molecule is Cc1ccc(N=Cc2ccccc2-c2ccccc2)cc1. The molecule has 1 heteroatoms. The van der Waals surface area contributed by atoms with Crippen LogP contribution in [0.4, 0.5) is 5.69 Å². The highest BCUT2D eigenvalue weighted by molar-refractivity contribution is 5.91. The smallest absolute Gasteiger partial charge is 0.0630 e. The van der Waals surface area contributed by atoms with Gasteiger partial charge in [0.25, 0.3) is 0 Å². The second-order valence-electron chi connectivity index (χ2n) is 5.05. The van der Waals surface area contributed by atoms with E-state index in [0.29, 0.717) is 0 Å². The molecule has 102 valence electrons. The summed E-state index contributed by atoms with van der Waals surface area (Å²) >= 11 is 0. The lowest BCUT2D eigenvalue weighted by Crippen LogP contribution is -1.87. The number of aryl methyl sites for hydroxylation is 1. The van der Waals surface area contributed by atoms with Crippen molar-refractivity contribution in [2.24, 2.45) is 4.99 Å². The first-order valence-electron chi connectivity index (χ1n) is 7.08. The third-order valence-electron chi connectivity index (χ3n) is 3.43. The Hall–Kier alpha value is -2.67. The second kappa shape index (κ2) is 6.19. The Kier molecular flexibility index (Phi) is 3.92. The summed E-state index contributed by atoms with van der Waals surface area (Å²) in [5.74, 6) is 0. The average molecular weight is 271 g/mol. The Balaban J connectivity index is 1.94. The molecule has 0 heterocycles. The van der Waals surface area contributed by atoms with Crippen molar-refractivity contribution >= 4 is 11.9 Å². The minimum absolute atomic E-state index is 0.975. The van der Waals surface area contributed by atoms with Gasteiger partial charge in [0.1, 0.15) is 0 Å². The highest BCUT2D eigenvalue weighted by Crippen LogP contribution is 2.23. The second-order valence-corrected chi connectivity index (χ2v) is 5.05. The van der Waals surface area contributed by atoms with Gasteiger partial charge in [-0.1, -0.05) is 72.3 Å². The van der Waals surface area contributed by atoms with Gasteiger partial charge in [-0.05, 0) is 30.2 Å². The Labute approximate surface area is 125 Å². The molecule has 0 aliphatic rings. The third-order valence-corrected chi connectivity index (χ3v) is 3.43. The molecule has 0 saturated carbocycles. The molecule has 0 N–H and O–H groups in total. The molecule has 3 rings (SSSR count). The van der Waals surface area contributed by atoms with E-state index in [1.165, 1.54) is 16.7 Å². The van der Waals surface area contributed by atoms with Crippen LogP contribution in [-0.4, -0.2) is 6.21 Å². The Morgan fingerprint density at radius 2 is 1.38 bits per heavy atom. The molecule has 0 unspecified atom stereocenters. The summed E-state index contributed by atoms with van der Waals surface area (Å²) in [6, 6.07) is 27.0. The number of aliphatic imine (C=N–C) groups is 1. The molecule has 0 aromatic heterocycles. The van der Waals surface area contributed by atoms with Crippen LogP contribution < -0.4 is 0 Å². The van der Waals surface area contributed by atoms with Crippen molar-refractivity contribution in [3.8, 4) is 11.1 Å². The van der Waals surface area contributed by atoms with E-state index in [9.17, 15) is 0 Å². The van der Waals surface area contributed by atoms with Gasteiger partial charge in [0.15, 0.2) is 0 Å². The van der Waals surface area contributed by atoms with Gasteiger partial charge in [-0.15, -0.1) is 0 Å². The molecule has 0 radical (unpaired) electrons.